The third-order valence-electron chi connectivity index (χ3n) is 3.17. The average Bonchev–Trinajstić information content (AvgIpc) is 2.37. The number of amides is 2. The number of hydrogen-bond donors (Lipinski definition) is 3. The molecule has 0 saturated carbocycles. The van der Waals surface area contributed by atoms with Gasteiger partial charge in [-0.05, 0) is 25.8 Å². The predicted octanol–water partition coefficient (Wildman–Crippen LogP) is 2.61. The van der Waals surface area contributed by atoms with Gasteiger partial charge in [-0.1, -0.05) is 36.8 Å². The van der Waals surface area contributed by atoms with Crippen molar-refractivity contribution in [1.82, 2.24) is 10.6 Å². The van der Waals surface area contributed by atoms with E-state index in [2.05, 4.69) is 10.6 Å². The van der Waals surface area contributed by atoms with Crippen LogP contribution in [-0.4, -0.2) is 23.1 Å². The first-order valence-electron chi connectivity index (χ1n) is 6.77. The molecule has 0 spiro atoms. The van der Waals surface area contributed by atoms with Crippen LogP contribution in [0.25, 0.3) is 0 Å². The molecule has 0 heterocycles. The van der Waals surface area contributed by atoms with Gasteiger partial charge in [-0.25, -0.2) is 4.79 Å². The van der Waals surface area contributed by atoms with Gasteiger partial charge in [0, 0.05) is 6.04 Å². The number of carboxylic acids is 1. The second-order valence-corrected chi connectivity index (χ2v) is 4.95. The van der Waals surface area contributed by atoms with Crippen molar-refractivity contribution < 1.29 is 14.7 Å². The van der Waals surface area contributed by atoms with Gasteiger partial charge in [-0.15, -0.1) is 0 Å². The summed E-state index contributed by atoms with van der Waals surface area (Å²) in [6.45, 7) is 5.74. The van der Waals surface area contributed by atoms with Gasteiger partial charge in [0.05, 0.1) is 12.5 Å². The lowest BCUT2D eigenvalue weighted by molar-refractivity contribution is -0.137. The fourth-order valence-electron chi connectivity index (χ4n) is 1.87. The van der Waals surface area contributed by atoms with Gasteiger partial charge in [0.25, 0.3) is 0 Å². The highest BCUT2D eigenvalue weighted by atomic mass is 16.4. The van der Waals surface area contributed by atoms with Crippen LogP contribution in [0.15, 0.2) is 24.3 Å². The Kier molecular flexibility index (Phi) is 6.03. The highest BCUT2D eigenvalue weighted by molar-refractivity contribution is 5.76. The molecule has 0 aliphatic carbocycles. The van der Waals surface area contributed by atoms with Crippen LogP contribution in [0.5, 0.6) is 0 Å². The van der Waals surface area contributed by atoms with Crippen LogP contribution in [0, 0.1) is 6.92 Å². The number of aliphatic carboxylic acids is 1. The minimum absolute atomic E-state index is 0.0666. The van der Waals surface area contributed by atoms with Crippen LogP contribution < -0.4 is 10.6 Å². The maximum Gasteiger partial charge on any atom is 0.315 e. The van der Waals surface area contributed by atoms with Crippen LogP contribution in [0.2, 0.25) is 0 Å². The molecule has 2 amide bonds. The van der Waals surface area contributed by atoms with Gasteiger partial charge in [-0.2, -0.15) is 0 Å². The van der Waals surface area contributed by atoms with Gasteiger partial charge in [0.15, 0.2) is 0 Å². The Labute approximate surface area is 119 Å². The summed E-state index contributed by atoms with van der Waals surface area (Å²) >= 11 is 0. The standard InChI is InChI=1S/C15H22N2O3/c1-4-13(9-14(18)19)17-15(20)16-11(3)12-7-5-10(2)6-8-12/h5-8,11,13H,4,9H2,1-3H3,(H,18,19)(H2,16,17,20). The monoisotopic (exact) mass is 278 g/mol. The maximum absolute atomic E-state index is 11.8. The zero-order chi connectivity index (χ0) is 15.1. The van der Waals surface area contributed by atoms with Crippen molar-refractivity contribution in [3.63, 3.8) is 0 Å². The second kappa shape index (κ2) is 7.53. The molecule has 0 aromatic heterocycles. The number of carbonyl (C=O) groups excluding carboxylic acids is 1. The first-order chi connectivity index (χ1) is 9.42. The van der Waals surface area contributed by atoms with Crippen molar-refractivity contribution in [2.45, 2.75) is 45.7 Å². The van der Waals surface area contributed by atoms with Gasteiger partial charge < -0.3 is 15.7 Å². The lowest BCUT2D eigenvalue weighted by Crippen LogP contribution is -2.43. The smallest absolute Gasteiger partial charge is 0.315 e. The van der Waals surface area contributed by atoms with Crippen LogP contribution in [0.3, 0.4) is 0 Å². The minimum Gasteiger partial charge on any atom is -0.481 e. The maximum atomic E-state index is 11.8. The first-order valence-corrected chi connectivity index (χ1v) is 6.77. The third-order valence-corrected chi connectivity index (χ3v) is 3.17. The van der Waals surface area contributed by atoms with Gasteiger partial charge in [-0.3, -0.25) is 4.79 Å². The van der Waals surface area contributed by atoms with Crippen molar-refractivity contribution in [2.75, 3.05) is 0 Å². The Morgan fingerprint density at radius 1 is 1.20 bits per heavy atom. The van der Waals surface area contributed by atoms with E-state index >= 15 is 0 Å². The summed E-state index contributed by atoms with van der Waals surface area (Å²) in [6, 6.07) is 7.10. The van der Waals surface area contributed by atoms with E-state index in [4.69, 9.17) is 5.11 Å². The molecule has 2 unspecified atom stereocenters. The molecule has 0 fully saturated rings. The summed E-state index contributed by atoms with van der Waals surface area (Å²) < 4.78 is 0. The molecule has 110 valence electrons. The van der Waals surface area contributed by atoms with E-state index < -0.39 is 5.97 Å². The number of benzene rings is 1. The Morgan fingerprint density at radius 3 is 2.30 bits per heavy atom. The van der Waals surface area contributed by atoms with E-state index in [-0.39, 0.29) is 24.5 Å². The Bertz CT molecular complexity index is 457. The molecule has 0 aliphatic rings. The summed E-state index contributed by atoms with van der Waals surface area (Å²) in [5.74, 6) is -0.913. The van der Waals surface area contributed by atoms with Gasteiger partial charge >= 0.3 is 12.0 Å². The largest absolute Gasteiger partial charge is 0.481 e. The summed E-state index contributed by atoms with van der Waals surface area (Å²) in [4.78, 5) is 22.5. The van der Waals surface area contributed by atoms with Gasteiger partial charge in [0.2, 0.25) is 0 Å². The summed E-state index contributed by atoms with van der Waals surface area (Å²) in [7, 11) is 0. The predicted molar refractivity (Wildman–Crippen MR) is 77.6 cm³/mol. The van der Waals surface area contributed by atoms with E-state index in [1.54, 1.807) is 0 Å². The molecule has 0 aliphatic heterocycles. The molecular formula is C15H22N2O3. The molecule has 1 aromatic carbocycles. The lowest BCUT2D eigenvalue weighted by atomic mass is 10.1. The molecule has 2 atom stereocenters. The Balaban J connectivity index is 2.52. The van der Waals surface area contributed by atoms with E-state index in [9.17, 15) is 9.59 Å². The summed E-state index contributed by atoms with van der Waals surface area (Å²) in [6.07, 6.45) is 0.515. The molecule has 0 bridgehead atoms. The normalized spacial score (nSPS) is 13.3. The van der Waals surface area contributed by atoms with Crippen molar-refractivity contribution >= 4 is 12.0 Å². The molecule has 5 heteroatoms. The average molecular weight is 278 g/mol. The zero-order valence-corrected chi connectivity index (χ0v) is 12.1. The molecule has 5 nitrogen and oxygen atoms in total. The van der Waals surface area contributed by atoms with Crippen LogP contribution in [-0.2, 0) is 4.79 Å². The number of carboxylic acid groups (broad SMARTS) is 1. The number of carbonyl (C=O) groups is 2. The summed E-state index contributed by atoms with van der Waals surface area (Å²) in [5.41, 5.74) is 2.18. The molecule has 1 aromatic rings. The second-order valence-electron chi connectivity index (χ2n) is 4.95. The molecule has 20 heavy (non-hydrogen) atoms. The van der Waals surface area contributed by atoms with Crippen LogP contribution in [0.1, 0.15) is 43.9 Å². The number of hydrogen-bond acceptors (Lipinski definition) is 2. The Morgan fingerprint density at radius 2 is 1.80 bits per heavy atom. The first kappa shape index (κ1) is 16.0. The van der Waals surface area contributed by atoms with Crippen molar-refractivity contribution in [1.29, 1.82) is 0 Å². The van der Waals surface area contributed by atoms with Crippen molar-refractivity contribution in [3.05, 3.63) is 35.4 Å². The fourth-order valence-corrected chi connectivity index (χ4v) is 1.87. The molecule has 3 N–H and O–H groups in total. The number of nitrogens with one attached hydrogen (secondary N) is 2. The topological polar surface area (TPSA) is 78.4 Å². The van der Waals surface area contributed by atoms with E-state index in [1.807, 2.05) is 45.0 Å². The van der Waals surface area contributed by atoms with E-state index in [0.29, 0.717) is 6.42 Å². The lowest BCUT2D eigenvalue weighted by Gasteiger charge is -2.19. The quantitative estimate of drug-likeness (QED) is 0.748. The molecule has 0 saturated heterocycles. The number of urea groups is 1. The third kappa shape index (κ3) is 5.30. The zero-order valence-electron chi connectivity index (χ0n) is 12.1. The highest BCUT2D eigenvalue weighted by Crippen LogP contribution is 2.12. The highest BCUT2D eigenvalue weighted by Gasteiger charge is 2.15. The number of aryl methyl sites for hydroxylation is 1. The Hall–Kier alpha value is -2.04. The van der Waals surface area contributed by atoms with Gasteiger partial charge in [0.1, 0.15) is 0 Å². The molecular weight excluding hydrogens is 256 g/mol. The summed E-state index contributed by atoms with van der Waals surface area (Å²) in [5, 5.41) is 14.2. The van der Waals surface area contributed by atoms with Crippen LogP contribution in [0.4, 0.5) is 4.79 Å². The van der Waals surface area contributed by atoms with Crippen LogP contribution >= 0.6 is 0 Å². The van der Waals surface area contributed by atoms with Crippen molar-refractivity contribution in [2.24, 2.45) is 0 Å². The minimum atomic E-state index is -0.913. The molecule has 1 rings (SSSR count). The number of rotatable bonds is 6. The fraction of sp³-hybridized carbons (Fsp3) is 0.467. The SMILES string of the molecule is CCC(CC(=O)O)NC(=O)NC(C)c1ccc(C)cc1. The van der Waals surface area contributed by atoms with E-state index in [1.165, 1.54) is 0 Å². The molecule has 0 radical (unpaired) electrons. The van der Waals surface area contributed by atoms with E-state index in [0.717, 1.165) is 11.1 Å². The van der Waals surface area contributed by atoms with Crippen molar-refractivity contribution in [3.8, 4) is 0 Å².